The van der Waals surface area contributed by atoms with E-state index >= 15 is 0 Å². The number of hydrogen-bond donors (Lipinski definition) is 0. The fourth-order valence-corrected chi connectivity index (χ4v) is 3.55. The van der Waals surface area contributed by atoms with Crippen molar-refractivity contribution >= 4 is 11.8 Å². The van der Waals surface area contributed by atoms with Crippen molar-refractivity contribution in [2.75, 3.05) is 59.0 Å². The SMILES string of the molecule is O=C(CN1CCOCC1)N1CCN(C(=O)c2cnn(-c3ccccc3)c2)CC1. The van der Waals surface area contributed by atoms with Crippen molar-refractivity contribution in [1.29, 1.82) is 0 Å². The number of carbonyl (C=O) groups is 2. The summed E-state index contributed by atoms with van der Waals surface area (Å²) in [5, 5.41) is 4.30. The van der Waals surface area contributed by atoms with E-state index in [4.69, 9.17) is 4.74 Å². The van der Waals surface area contributed by atoms with Crippen LogP contribution in [0.3, 0.4) is 0 Å². The topological polar surface area (TPSA) is 70.9 Å². The predicted molar refractivity (Wildman–Crippen MR) is 103 cm³/mol. The molecule has 0 saturated carbocycles. The Kier molecular flexibility index (Phi) is 5.68. The Bertz CT molecular complexity index is 808. The molecule has 2 fully saturated rings. The molecule has 0 bridgehead atoms. The molecule has 148 valence electrons. The normalized spacial score (nSPS) is 18.3. The smallest absolute Gasteiger partial charge is 0.257 e. The Morgan fingerprint density at radius 1 is 0.929 bits per heavy atom. The molecule has 1 aromatic heterocycles. The largest absolute Gasteiger partial charge is 0.379 e. The van der Waals surface area contributed by atoms with E-state index in [2.05, 4.69) is 10.00 Å². The van der Waals surface area contributed by atoms with E-state index in [1.54, 1.807) is 22.0 Å². The van der Waals surface area contributed by atoms with Crippen molar-refractivity contribution < 1.29 is 14.3 Å². The van der Waals surface area contributed by atoms with Gasteiger partial charge in [-0.25, -0.2) is 4.68 Å². The van der Waals surface area contributed by atoms with Crippen LogP contribution in [0.15, 0.2) is 42.7 Å². The minimum Gasteiger partial charge on any atom is -0.379 e. The summed E-state index contributed by atoms with van der Waals surface area (Å²) in [7, 11) is 0. The summed E-state index contributed by atoms with van der Waals surface area (Å²) in [5.74, 6) is 0.0911. The number of para-hydroxylation sites is 1. The highest BCUT2D eigenvalue weighted by Gasteiger charge is 2.26. The molecule has 2 aliphatic heterocycles. The van der Waals surface area contributed by atoms with Crippen LogP contribution in [0.5, 0.6) is 0 Å². The number of morpholine rings is 1. The average Bonchev–Trinajstić information content (AvgIpc) is 3.25. The van der Waals surface area contributed by atoms with Gasteiger partial charge in [-0.05, 0) is 12.1 Å². The Hall–Kier alpha value is -2.71. The van der Waals surface area contributed by atoms with Gasteiger partial charge in [0.1, 0.15) is 0 Å². The first-order chi connectivity index (χ1) is 13.7. The van der Waals surface area contributed by atoms with E-state index in [0.717, 1.165) is 18.8 Å². The Morgan fingerprint density at radius 3 is 2.32 bits per heavy atom. The second kappa shape index (κ2) is 8.53. The zero-order valence-corrected chi connectivity index (χ0v) is 15.9. The van der Waals surface area contributed by atoms with Crippen LogP contribution in [-0.4, -0.2) is 95.3 Å². The van der Waals surface area contributed by atoms with Gasteiger partial charge >= 0.3 is 0 Å². The third-order valence-electron chi connectivity index (χ3n) is 5.23. The van der Waals surface area contributed by atoms with Crippen LogP contribution >= 0.6 is 0 Å². The van der Waals surface area contributed by atoms with Crippen molar-refractivity contribution in [1.82, 2.24) is 24.5 Å². The number of piperazine rings is 1. The molecule has 0 aliphatic carbocycles. The third kappa shape index (κ3) is 4.23. The molecule has 3 heterocycles. The molecule has 8 heteroatoms. The lowest BCUT2D eigenvalue weighted by Crippen LogP contribution is -2.53. The van der Waals surface area contributed by atoms with Crippen molar-refractivity contribution in [2.45, 2.75) is 0 Å². The second-order valence-corrected chi connectivity index (χ2v) is 7.07. The Morgan fingerprint density at radius 2 is 1.61 bits per heavy atom. The van der Waals surface area contributed by atoms with Crippen LogP contribution in [-0.2, 0) is 9.53 Å². The average molecular weight is 383 g/mol. The summed E-state index contributed by atoms with van der Waals surface area (Å²) in [6, 6.07) is 9.70. The fraction of sp³-hybridized carbons (Fsp3) is 0.450. The van der Waals surface area contributed by atoms with Gasteiger partial charge in [0.25, 0.3) is 5.91 Å². The Balaban J connectivity index is 1.30. The summed E-state index contributed by atoms with van der Waals surface area (Å²) >= 11 is 0. The van der Waals surface area contributed by atoms with E-state index in [9.17, 15) is 9.59 Å². The molecule has 4 rings (SSSR count). The van der Waals surface area contributed by atoms with Crippen LogP contribution in [0.1, 0.15) is 10.4 Å². The highest BCUT2D eigenvalue weighted by atomic mass is 16.5. The Labute approximate surface area is 164 Å². The lowest BCUT2D eigenvalue weighted by Gasteiger charge is -2.36. The van der Waals surface area contributed by atoms with Crippen LogP contribution in [0.4, 0.5) is 0 Å². The highest BCUT2D eigenvalue weighted by Crippen LogP contribution is 2.12. The van der Waals surface area contributed by atoms with Crippen molar-refractivity contribution in [3.63, 3.8) is 0 Å². The van der Waals surface area contributed by atoms with Gasteiger partial charge in [0.15, 0.2) is 0 Å². The first kappa shape index (κ1) is 18.6. The quantitative estimate of drug-likeness (QED) is 0.769. The zero-order chi connectivity index (χ0) is 19.3. The number of hydrogen-bond acceptors (Lipinski definition) is 5. The number of nitrogens with zero attached hydrogens (tertiary/aromatic N) is 5. The van der Waals surface area contributed by atoms with Gasteiger partial charge < -0.3 is 14.5 Å². The molecule has 0 atom stereocenters. The minimum atomic E-state index is -0.0394. The number of amides is 2. The van der Waals surface area contributed by atoms with E-state index in [-0.39, 0.29) is 11.8 Å². The first-order valence-corrected chi connectivity index (χ1v) is 9.68. The summed E-state index contributed by atoms with van der Waals surface area (Å²) in [6.45, 7) is 5.64. The molecule has 28 heavy (non-hydrogen) atoms. The molecule has 1 aromatic carbocycles. The first-order valence-electron chi connectivity index (χ1n) is 9.68. The number of benzene rings is 1. The van der Waals surface area contributed by atoms with Crippen LogP contribution < -0.4 is 0 Å². The van der Waals surface area contributed by atoms with Gasteiger partial charge in [0.2, 0.25) is 5.91 Å². The van der Waals surface area contributed by atoms with Crippen LogP contribution in [0.25, 0.3) is 5.69 Å². The van der Waals surface area contributed by atoms with Gasteiger partial charge in [-0.1, -0.05) is 18.2 Å². The van der Waals surface area contributed by atoms with E-state index < -0.39 is 0 Å². The highest BCUT2D eigenvalue weighted by molar-refractivity contribution is 5.94. The van der Waals surface area contributed by atoms with Crippen LogP contribution in [0.2, 0.25) is 0 Å². The predicted octanol–water partition coefficient (Wildman–Crippen LogP) is 0.489. The maximum atomic E-state index is 12.8. The molecule has 0 spiro atoms. The number of ether oxygens (including phenoxy) is 1. The minimum absolute atomic E-state index is 0.0394. The fourth-order valence-electron chi connectivity index (χ4n) is 3.55. The van der Waals surface area contributed by atoms with Crippen LogP contribution in [0, 0.1) is 0 Å². The second-order valence-electron chi connectivity index (χ2n) is 7.07. The summed E-state index contributed by atoms with van der Waals surface area (Å²) in [5.41, 5.74) is 1.48. The molecule has 0 N–H and O–H groups in total. The maximum absolute atomic E-state index is 12.8. The van der Waals surface area contributed by atoms with Gasteiger partial charge in [-0.15, -0.1) is 0 Å². The molecule has 2 amide bonds. The van der Waals surface area contributed by atoms with Gasteiger partial charge in [0.05, 0.1) is 37.2 Å². The van der Waals surface area contributed by atoms with E-state index in [0.29, 0.717) is 51.5 Å². The summed E-state index contributed by atoms with van der Waals surface area (Å²) in [4.78, 5) is 31.1. The number of rotatable bonds is 4. The molecule has 2 saturated heterocycles. The summed E-state index contributed by atoms with van der Waals surface area (Å²) < 4.78 is 7.03. The number of carbonyl (C=O) groups excluding carboxylic acids is 2. The molecular weight excluding hydrogens is 358 g/mol. The van der Waals surface area contributed by atoms with E-state index in [1.807, 2.05) is 35.2 Å². The molecule has 0 unspecified atom stereocenters. The lowest BCUT2D eigenvalue weighted by molar-refractivity contribution is -0.134. The third-order valence-corrected chi connectivity index (χ3v) is 5.23. The van der Waals surface area contributed by atoms with Gasteiger partial charge in [-0.2, -0.15) is 5.10 Å². The van der Waals surface area contributed by atoms with Crippen molar-refractivity contribution in [3.8, 4) is 5.69 Å². The maximum Gasteiger partial charge on any atom is 0.257 e. The summed E-state index contributed by atoms with van der Waals surface area (Å²) in [6.07, 6.45) is 3.36. The zero-order valence-electron chi connectivity index (χ0n) is 15.9. The molecule has 2 aromatic rings. The molecule has 8 nitrogen and oxygen atoms in total. The van der Waals surface area contributed by atoms with E-state index in [1.165, 1.54) is 0 Å². The van der Waals surface area contributed by atoms with Gasteiger partial charge in [0, 0.05) is 45.5 Å². The molecule has 2 aliphatic rings. The van der Waals surface area contributed by atoms with Crippen molar-refractivity contribution in [3.05, 3.63) is 48.3 Å². The number of aromatic nitrogens is 2. The molecule has 0 radical (unpaired) electrons. The van der Waals surface area contributed by atoms with Crippen molar-refractivity contribution in [2.24, 2.45) is 0 Å². The molecular formula is C20H25N5O3. The standard InChI is InChI=1S/C20H25N5O3/c26-19(16-22-10-12-28-13-11-22)23-6-8-24(9-7-23)20(27)17-14-21-25(15-17)18-4-2-1-3-5-18/h1-5,14-15H,6-13,16H2. The monoisotopic (exact) mass is 383 g/mol. The van der Waals surface area contributed by atoms with Gasteiger partial charge in [-0.3, -0.25) is 14.5 Å². The lowest BCUT2D eigenvalue weighted by atomic mass is 10.2.